The standard InChI is InChI=1S/C6H6F4O3/c7-5(8)6(9,10)13-3-1-2-4(11)12/h1-2,5H,3H2,(H,11,12)/b2-1+. The van der Waals surface area contributed by atoms with Gasteiger partial charge in [-0.25, -0.2) is 13.6 Å². The number of hydrogen-bond acceptors (Lipinski definition) is 2. The molecule has 0 aliphatic carbocycles. The molecule has 0 bridgehead atoms. The third-order valence-corrected chi connectivity index (χ3v) is 0.886. The van der Waals surface area contributed by atoms with Crippen molar-refractivity contribution in [2.24, 2.45) is 0 Å². The number of aliphatic carboxylic acids is 1. The summed E-state index contributed by atoms with van der Waals surface area (Å²) in [5.41, 5.74) is 0. The monoisotopic (exact) mass is 202 g/mol. The Morgan fingerprint density at radius 3 is 2.46 bits per heavy atom. The predicted octanol–water partition coefficient (Wildman–Crippen LogP) is 1.50. The zero-order chi connectivity index (χ0) is 10.5. The molecule has 0 aromatic carbocycles. The van der Waals surface area contributed by atoms with Crippen molar-refractivity contribution < 1.29 is 32.2 Å². The van der Waals surface area contributed by atoms with Gasteiger partial charge in [0.05, 0.1) is 6.61 Å². The predicted molar refractivity (Wildman–Crippen MR) is 33.7 cm³/mol. The lowest BCUT2D eigenvalue weighted by atomic mass is 10.5. The van der Waals surface area contributed by atoms with Gasteiger partial charge in [0.25, 0.3) is 0 Å². The van der Waals surface area contributed by atoms with Crippen molar-refractivity contribution in [3.05, 3.63) is 12.2 Å². The van der Waals surface area contributed by atoms with Crippen molar-refractivity contribution in [3.8, 4) is 0 Å². The lowest BCUT2D eigenvalue weighted by Gasteiger charge is -2.13. The molecule has 0 rings (SSSR count). The third kappa shape index (κ3) is 5.18. The average Bonchev–Trinajstić information content (AvgIpc) is 1.97. The maximum atomic E-state index is 11.9. The number of carbonyl (C=O) groups is 1. The molecule has 3 nitrogen and oxygen atoms in total. The second-order valence-corrected chi connectivity index (χ2v) is 1.91. The van der Waals surface area contributed by atoms with Gasteiger partial charge in [0.2, 0.25) is 0 Å². The van der Waals surface area contributed by atoms with E-state index in [4.69, 9.17) is 5.11 Å². The Bertz CT molecular complexity index is 202. The molecule has 0 spiro atoms. The molecular formula is C6H6F4O3. The van der Waals surface area contributed by atoms with Gasteiger partial charge in [-0.15, -0.1) is 0 Å². The fourth-order valence-electron chi connectivity index (χ4n) is 0.371. The Morgan fingerprint density at radius 2 is 2.08 bits per heavy atom. The van der Waals surface area contributed by atoms with Gasteiger partial charge in [0.1, 0.15) is 0 Å². The van der Waals surface area contributed by atoms with Gasteiger partial charge >= 0.3 is 18.5 Å². The molecule has 13 heavy (non-hydrogen) atoms. The first kappa shape index (κ1) is 11.9. The summed E-state index contributed by atoms with van der Waals surface area (Å²) in [4.78, 5) is 9.78. The topological polar surface area (TPSA) is 46.5 Å². The van der Waals surface area contributed by atoms with E-state index < -0.39 is 25.1 Å². The second-order valence-electron chi connectivity index (χ2n) is 1.91. The van der Waals surface area contributed by atoms with Gasteiger partial charge in [-0.05, 0) is 0 Å². The normalized spacial score (nSPS) is 12.7. The molecule has 0 saturated carbocycles. The number of rotatable bonds is 5. The highest BCUT2D eigenvalue weighted by molar-refractivity contribution is 5.79. The largest absolute Gasteiger partial charge is 0.478 e. The second kappa shape index (κ2) is 4.80. The van der Waals surface area contributed by atoms with E-state index in [0.29, 0.717) is 12.2 Å². The van der Waals surface area contributed by atoms with E-state index >= 15 is 0 Å². The molecule has 0 amide bonds. The van der Waals surface area contributed by atoms with E-state index in [2.05, 4.69) is 4.74 Å². The van der Waals surface area contributed by atoms with Crippen LogP contribution in [0.3, 0.4) is 0 Å². The third-order valence-electron chi connectivity index (χ3n) is 0.886. The molecule has 0 radical (unpaired) electrons. The quantitative estimate of drug-likeness (QED) is 0.542. The van der Waals surface area contributed by atoms with Crippen LogP contribution in [-0.4, -0.2) is 30.2 Å². The number of ether oxygens (including phenoxy) is 1. The van der Waals surface area contributed by atoms with Crippen LogP contribution in [0.2, 0.25) is 0 Å². The molecule has 0 saturated heterocycles. The molecule has 76 valence electrons. The Hall–Kier alpha value is -1.11. The highest BCUT2D eigenvalue weighted by Gasteiger charge is 2.41. The highest BCUT2D eigenvalue weighted by Crippen LogP contribution is 2.23. The number of halogens is 4. The summed E-state index contributed by atoms with van der Waals surface area (Å²) in [7, 11) is 0. The van der Waals surface area contributed by atoms with Crippen molar-refractivity contribution in [2.75, 3.05) is 6.61 Å². The summed E-state index contributed by atoms with van der Waals surface area (Å²) in [5, 5.41) is 7.97. The first-order valence-electron chi connectivity index (χ1n) is 3.05. The summed E-state index contributed by atoms with van der Waals surface area (Å²) >= 11 is 0. The summed E-state index contributed by atoms with van der Waals surface area (Å²) in [6.45, 7) is -0.885. The van der Waals surface area contributed by atoms with E-state index in [1.807, 2.05) is 0 Å². The Morgan fingerprint density at radius 1 is 1.54 bits per heavy atom. The Labute approximate surface area is 70.6 Å². The van der Waals surface area contributed by atoms with E-state index in [1.165, 1.54) is 0 Å². The number of hydrogen-bond donors (Lipinski definition) is 1. The molecule has 0 heterocycles. The van der Waals surface area contributed by atoms with Gasteiger partial charge in [-0.2, -0.15) is 8.78 Å². The van der Waals surface area contributed by atoms with Crippen LogP contribution in [0.25, 0.3) is 0 Å². The number of alkyl halides is 4. The average molecular weight is 202 g/mol. The first-order valence-corrected chi connectivity index (χ1v) is 3.05. The lowest BCUT2D eigenvalue weighted by Crippen LogP contribution is -2.30. The van der Waals surface area contributed by atoms with Crippen LogP contribution in [0.4, 0.5) is 17.6 Å². The molecule has 0 unspecified atom stereocenters. The minimum atomic E-state index is -4.54. The first-order chi connectivity index (χ1) is 5.86. The van der Waals surface area contributed by atoms with Crippen LogP contribution in [0, 0.1) is 0 Å². The molecule has 7 heteroatoms. The van der Waals surface area contributed by atoms with Crippen LogP contribution >= 0.6 is 0 Å². The fourth-order valence-corrected chi connectivity index (χ4v) is 0.371. The molecule has 0 fully saturated rings. The molecule has 0 aromatic rings. The summed E-state index contributed by atoms with van der Waals surface area (Å²) < 4.78 is 50.0. The lowest BCUT2D eigenvalue weighted by molar-refractivity contribution is -0.295. The van der Waals surface area contributed by atoms with Crippen LogP contribution in [0.15, 0.2) is 12.2 Å². The molecule has 0 atom stereocenters. The molecule has 0 aliphatic heterocycles. The Kier molecular flexibility index (Phi) is 4.39. The fraction of sp³-hybridized carbons (Fsp3) is 0.500. The highest BCUT2D eigenvalue weighted by atomic mass is 19.3. The zero-order valence-corrected chi connectivity index (χ0v) is 6.21. The van der Waals surface area contributed by atoms with Crippen molar-refractivity contribution in [3.63, 3.8) is 0 Å². The van der Waals surface area contributed by atoms with Gasteiger partial charge in [-0.1, -0.05) is 6.08 Å². The maximum absolute atomic E-state index is 11.9. The van der Waals surface area contributed by atoms with Crippen LogP contribution in [-0.2, 0) is 9.53 Å². The minimum Gasteiger partial charge on any atom is -0.478 e. The summed E-state index contributed by atoms with van der Waals surface area (Å²) in [5.74, 6) is -1.37. The van der Waals surface area contributed by atoms with Gasteiger partial charge in [0.15, 0.2) is 0 Å². The van der Waals surface area contributed by atoms with Crippen LogP contribution in [0.1, 0.15) is 0 Å². The van der Waals surface area contributed by atoms with Crippen molar-refractivity contribution in [1.82, 2.24) is 0 Å². The summed E-state index contributed by atoms with van der Waals surface area (Å²) in [6.07, 6.45) is -7.26. The van der Waals surface area contributed by atoms with E-state index in [9.17, 15) is 22.4 Å². The Balaban J connectivity index is 3.82. The SMILES string of the molecule is O=C(O)/C=C/COC(F)(F)C(F)F. The molecular weight excluding hydrogens is 196 g/mol. The molecule has 1 N–H and O–H groups in total. The molecule has 0 aromatic heterocycles. The zero-order valence-electron chi connectivity index (χ0n) is 6.21. The van der Waals surface area contributed by atoms with E-state index in [1.54, 1.807) is 0 Å². The summed E-state index contributed by atoms with van der Waals surface area (Å²) in [6, 6.07) is 0. The minimum absolute atomic E-state index is 0.515. The number of carboxylic acids is 1. The van der Waals surface area contributed by atoms with Crippen molar-refractivity contribution in [1.29, 1.82) is 0 Å². The van der Waals surface area contributed by atoms with Crippen LogP contribution < -0.4 is 0 Å². The van der Waals surface area contributed by atoms with E-state index in [0.717, 1.165) is 0 Å². The maximum Gasteiger partial charge on any atom is 0.416 e. The van der Waals surface area contributed by atoms with Gasteiger partial charge in [0, 0.05) is 6.08 Å². The van der Waals surface area contributed by atoms with Crippen LogP contribution in [0.5, 0.6) is 0 Å². The molecule has 0 aliphatic rings. The van der Waals surface area contributed by atoms with Gasteiger partial charge < -0.3 is 9.84 Å². The van der Waals surface area contributed by atoms with Crippen molar-refractivity contribution in [2.45, 2.75) is 12.5 Å². The van der Waals surface area contributed by atoms with E-state index in [-0.39, 0.29) is 0 Å². The smallest absolute Gasteiger partial charge is 0.416 e. The van der Waals surface area contributed by atoms with Crippen molar-refractivity contribution >= 4 is 5.97 Å². The van der Waals surface area contributed by atoms with Gasteiger partial charge in [-0.3, -0.25) is 0 Å². The number of carboxylic acid groups (broad SMARTS) is 1.